The zero-order chi connectivity index (χ0) is 31.3. The number of nitrogens with zero attached hydrogens (tertiary/aromatic N) is 1. The molecule has 0 unspecified atom stereocenters. The maximum Gasteiger partial charge on any atom is 0.0626 e. The first-order valence-corrected chi connectivity index (χ1v) is 16.8. The van der Waals surface area contributed by atoms with E-state index >= 15 is 0 Å². The maximum absolute atomic E-state index is 2.52. The van der Waals surface area contributed by atoms with E-state index in [2.05, 4.69) is 174 Å². The molecule has 0 saturated carbocycles. The Morgan fingerprint density at radius 2 is 1.02 bits per heavy atom. The third-order valence-corrected chi connectivity index (χ3v) is 10.8. The molecule has 0 radical (unpaired) electrons. The summed E-state index contributed by atoms with van der Waals surface area (Å²) in [5, 5.41) is 6.45. The molecule has 0 fully saturated rings. The van der Waals surface area contributed by atoms with Crippen molar-refractivity contribution in [3.63, 3.8) is 0 Å². The lowest BCUT2D eigenvalue weighted by Gasteiger charge is -2.15. The Bertz CT molecular complexity index is 2720. The van der Waals surface area contributed by atoms with Crippen LogP contribution in [0.4, 0.5) is 0 Å². The molecule has 11 rings (SSSR count). The molecule has 1 aromatic heterocycles. The number of benzene rings is 8. The fraction of sp³-hybridized carbons (Fsp3) is 0.0213. The maximum atomic E-state index is 2.52. The predicted molar refractivity (Wildman–Crippen MR) is 201 cm³/mol. The predicted octanol–water partition coefficient (Wildman–Crippen LogP) is 12.4. The van der Waals surface area contributed by atoms with Gasteiger partial charge in [0.05, 0.1) is 16.9 Å². The summed E-state index contributed by atoms with van der Waals surface area (Å²) < 4.78 is 2.52. The summed E-state index contributed by atoms with van der Waals surface area (Å²) in [6.07, 6.45) is 0. The van der Waals surface area contributed by atoms with E-state index in [9.17, 15) is 0 Å². The second kappa shape index (κ2) is 9.67. The first-order valence-electron chi connectivity index (χ1n) is 16.8. The molecule has 2 aliphatic carbocycles. The van der Waals surface area contributed by atoms with E-state index in [-0.39, 0.29) is 5.92 Å². The summed E-state index contributed by atoms with van der Waals surface area (Å²) in [6.45, 7) is 0. The minimum Gasteiger partial charge on any atom is -0.308 e. The fourth-order valence-electron chi connectivity index (χ4n) is 8.78. The average molecular weight is 608 g/mol. The van der Waals surface area contributed by atoms with E-state index in [0.29, 0.717) is 0 Å². The highest BCUT2D eigenvalue weighted by Gasteiger charge is 2.31. The van der Waals surface area contributed by atoms with E-state index in [1.807, 2.05) is 0 Å². The Morgan fingerprint density at radius 1 is 0.417 bits per heavy atom. The Morgan fingerprint density at radius 3 is 1.81 bits per heavy atom. The molecule has 1 heteroatoms. The first kappa shape index (κ1) is 25.9. The van der Waals surface area contributed by atoms with Gasteiger partial charge in [-0.2, -0.15) is 0 Å². The van der Waals surface area contributed by atoms with Crippen LogP contribution in [0.15, 0.2) is 170 Å². The highest BCUT2D eigenvalue weighted by molar-refractivity contribution is 6.22. The average Bonchev–Trinajstić information content (AvgIpc) is 3.78. The van der Waals surface area contributed by atoms with Crippen LogP contribution in [0.5, 0.6) is 0 Å². The van der Waals surface area contributed by atoms with Gasteiger partial charge in [0, 0.05) is 27.8 Å². The molecule has 0 amide bonds. The van der Waals surface area contributed by atoms with Crippen molar-refractivity contribution in [2.24, 2.45) is 0 Å². The lowest BCUT2D eigenvalue weighted by atomic mass is 9.88. The van der Waals surface area contributed by atoms with Crippen molar-refractivity contribution in [3.05, 3.63) is 187 Å². The van der Waals surface area contributed by atoms with Crippen molar-refractivity contribution in [1.82, 2.24) is 4.57 Å². The molecule has 222 valence electrons. The van der Waals surface area contributed by atoms with Crippen LogP contribution in [0.2, 0.25) is 0 Å². The summed E-state index contributed by atoms with van der Waals surface area (Å²) in [5.74, 6) is 0.255. The molecule has 0 N–H and O–H groups in total. The number of hydrogen-bond acceptors (Lipinski definition) is 0. The van der Waals surface area contributed by atoms with Crippen LogP contribution in [0.25, 0.3) is 82.8 Å². The van der Waals surface area contributed by atoms with Crippen molar-refractivity contribution in [2.75, 3.05) is 0 Å². The lowest BCUT2D eigenvalue weighted by molar-refractivity contribution is 1.02. The van der Waals surface area contributed by atoms with Gasteiger partial charge in [0.2, 0.25) is 0 Å². The second-order valence-electron chi connectivity index (χ2n) is 13.2. The Balaban J connectivity index is 1.11. The van der Waals surface area contributed by atoms with Crippen molar-refractivity contribution >= 4 is 32.4 Å². The topological polar surface area (TPSA) is 4.93 Å². The Hall–Kier alpha value is -6.18. The SMILES string of the molecule is c1ccc2c(c1)-c1ccccc1C2c1ccc(-c2ccc3c(c2)c2c(n3-c3cccc4ccccc34)-c3cccc4cccc-2c34)cc1. The van der Waals surface area contributed by atoms with Gasteiger partial charge in [-0.1, -0.05) is 152 Å². The third kappa shape index (κ3) is 3.45. The van der Waals surface area contributed by atoms with Crippen LogP contribution in [0, 0.1) is 0 Å². The van der Waals surface area contributed by atoms with E-state index in [1.54, 1.807) is 0 Å². The van der Waals surface area contributed by atoms with Crippen molar-refractivity contribution in [1.29, 1.82) is 0 Å². The van der Waals surface area contributed by atoms with Crippen LogP contribution in [0.3, 0.4) is 0 Å². The van der Waals surface area contributed by atoms with Gasteiger partial charge in [0.15, 0.2) is 0 Å². The number of hydrogen-bond donors (Lipinski definition) is 0. The van der Waals surface area contributed by atoms with Gasteiger partial charge < -0.3 is 4.57 Å². The Kier molecular flexibility index (Phi) is 5.23. The fourth-order valence-corrected chi connectivity index (χ4v) is 8.78. The second-order valence-corrected chi connectivity index (χ2v) is 13.2. The molecule has 1 heterocycles. The lowest BCUT2D eigenvalue weighted by Crippen LogP contribution is -1.99. The molecule has 48 heavy (non-hydrogen) atoms. The van der Waals surface area contributed by atoms with Crippen LogP contribution in [-0.4, -0.2) is 4.57 Å². The molecule has 0 bridgehead atoms. The van der Waals surface area contributed by atoms with Crippen LogP contribution >= 0.6 is 0 Å². The molecule has 0 aliphatic heterocycles. The van der Waals surface area contributed by atoms with Gasteiger partial charge in [-0.25, -0.2) is 0 Å². The zero-order valence-corrected chi connectivity index (χ0v) is 26.2. The van der Waals surface area contributed by atoms with Gasteiger partial charge in [-0.3, -0.25) is 0 Å². The van der Waals surface area contributed by atoms with Gasteiger partial charge in [-0.15, -0.1) is 0 Å². The Labute approximate surface area is 279 Å². The van der Waals surface area contributed by atoms with Gasteiger partial charge >= 0.3 is 0 Å². The van der Waals surface area contributed by atoms with Gasteiger partial charge in [-0.05, 0) is 78.9 Å². The van der Waals surface area contributed by atoms with Gasteiger partial charge in [0.1, 0.15) is 0 Å². The summed E-state index contributed by atoms with van der Waals surface area (Å²) >= 11 is 0. The minimum absolute atomic E-state index is 0.255. The first-order chi connectivity index (χ1) is 23.8. The molecule has 0 atom stereocenters. The highest BCUT2D eigenvalue weighted by atomic mass is 15.0. The highest BCUT2D eigenvalue weighted by Crippen LogP contribution is 2.54. The molecule has 1 nitrogen and oxygen atoms in total. The molecular formula is C47H29N. The third-order valence-electron chi connectivity index (χ3n) is 10.8. The molecule has 8 aromatic carbocycles. The smallest absolute Gasteiger partial charge is 0.0626 e. The van der Waals surface area contributed by atoms with Crippen LogP contribution < -0.4 is 0 Å². The summed E-state index contributed by atoms with van der Waals surface area (Å²) in [5.41, 5.74) is 17.0. The summed E-state index contributed by atoms with van der Waals surface area (Å²) in [4.78, 5) is 0. The standard InChI is InChI=1S/C47H29N/c1-2-14-34-30(10-1)11-9-21-42(34)48-43-27-26-33(28-41(43)46-39-19-7-12-31-13-8-20-40(45(31)39)47(46)48)29-22-24-32(25-23-29)44-37-17-5-3-15-35(37)36-16-4-6-18-38(36)44/h1-28,44H. The molecule has 0 saturated heterocycles. The van der Waals surface area contributed by atoms with E-state index < -0.39 is 0 Å². The number of fused-ring (bicyclic) bond motifs is 9. The van der Waals surface area contributed by atoms with Crippen LogP contribution in [0.1, 0.15) is 22.6 Å². The van der Waals surface area contributed by atoms with Crippen molar-refractivity contribution in [3.8, 4) is 50.3 Å². The number of aromatic nitrogens is 1. The zero-order valence-electron chi connectivity index (χ0n) is 26.2. The van der Waals surface area contributed by atoms with Crippen molar-refractivity contribution < 1.29 is 0 Å². The van der Waals surface area contributed by atoms with Gasteiger partial charge in [0.25, 0.3) is 0 Å². The monoisotopic (exact) mass is 607 g/mol. The van der Waals surface area contributed by atoms with E-state index in [4.69, 9.17) is 0 Å². The molecule has 9 aromatic rings. The number of rotatable bonds is 3. The molecule has 0 spiro atoms. The normalized spacial score (nSPS) is 12.9. The quantitative estimate of drug-likeness (QED) is 0.188. The largest absolute Gasteiger partial charge is 0.308 e. The minimum atomic E-state index is 0.255. The molecular weight excluding hydrogens is 579 g/mol. The van der Waals surface area contributed by atoms with E-state index in [0.717, 1.165) is 0 Å². The van der Waals surface area contributed by atoms with Crippen molar-refractivity contribution in [2.45, 2.75) is 5.92 Å². The molecule has 2 aliphatic rings. The van der Waals surface area contributed by atoms with Crippen LogP contribution in [-0.2, 0) is 0 Å². The summed E-state index contributed by atoms with van der Waals surface area (Å²) in [7, 11) is 0. The van der Waals surface area contributed by atoms with E-state index in [1.165, 1.54) is 99.5 Å². The summed E-state index contributed by atoms with van der Waals surface area (Å²) in [6, 6.07) is 63.1.